The van der Waals surface area contributed by atoms with Crippen molar-refractivity contribution in [2.45, 2.75) is 19.0 Å². The zero-order chi connectivity index (χ0) is 11.4. The van der Waals surface area contributed by atoms with Crippen molar-refractivity contribution in [1.82, 2.24) is 5.32 Å². The van der Waals surface area contributed by atoms with Crippen molar-refractivity contribution in [3.8, 4) is 0 Å². The summed E-state index contributed by atoms with van der Waals surface area (Å²) in [7, 11) is 4.14. The highest BCUT2D eigenvalue weighted by molar-refractivity contribution is 7.99. The van der Waals surface area contributed by atoms with Crippen LogP contribution >= 0.6 is 11.8 Å². The molecule has 0 aromatic heterocycles. The van der Waals surface area contributed by atoms with Crippen molar-refractivity contribution < 1.29 is 0 Å². The number of hydrogen-bond acceptors (Lipinski definition) is 3. The molecule has 16 heavy (non-hydrogen) atoms. The second-order valence-corrected chi connectivity index (χ2v) is 5.65. The third-order valence-electron chi connectivity index (χ3n) is 2.98. The molecule has 1 aromatic carbocycles. The summed E-state index contributed by atoms with van der Waals surface area (Å²) in [5, 5.41) is 3.61. The second kappa shape index (κ2) is 5.60. The van der Waals surface area contributed by atoms with Gasteiger partial charge in [-0.25, -0.2) is 0 Å². The number of thioether (sulfide) groups is 1. The van der Waals surface area contributed by atoms with Gasteiger partial charge in [-0.2, -0.15) is 11.8 Å². The number of rotatable bonds is 4. The van der Waals surface area contributed by atoms with Gasteiger partial charge in [0, 0.05) is 38.1 Å². The highest BCUT2D eigenvalue weighted by atomic mass is 32.2. The van der Waals surface area contributed by atoms with Gasteiger partial charge in [0.1, 0.15) is 0 Å². The first kappa shape index (κ1) is 11.8. The number of anilines is 1. The van der Waals surface area contributed by atoms with Crippen molar-refractivity contribution in [3.05, 3.63) is 29.8 Å². The third-order valence-corrected chi connectivity index (χ3v) is 4.14. The Kier molecular flexibility index (Phi) is 4.13. The van der Waals surface area contributed by atoms with E-state index < -0.39 is 0 Å². The van der Waals surface area contributed by atoms with Crippen LogP contribution in [-0.4, -0.2) is 31.6 Å². The normalized spacial score (nSPS) is 20.0. The number of hydrogen-bond donors (Lipinski definition) is 1. The molecule has 1 aliphatic heterocycles. The van der Waals surface area contributed by atoms with Crippen LogP contribution in [0.4, 0.5) is 5.69 Å². The molecule has 88 valence electrons. The van der Waals surface area contributed by atoms with Crippen LogP contribution in [0.2, 0.25) is 0 Å². The van der Waals surface area contributed by atoms with Gasteiger partial charge in [-0.3, -0.25) is 0 Å². The molecular formula is C13H20N2S. The topological polar surface area (TPSA) is 15.3 Å². The van der Waals surface area contributed by atoms with Crippen LogP contribution in [0.25, 0.3) is 0 Å². The minimum Gasteiger partial charge on any atom is -0.378 e. The molecule has 1 saturated heterocycles. The molecule has 0 amide bonds. The lowest BCUT2D eigenvalue weighted by molar-refractivity contribution is 0.558. The first-order chi connectivity index (χ1) is 7.75. The van der Waals surface area contributed by atoms with E-state index in [9.17, 15) is 0 Å². The van der Waals surface area contributed by atoms with Crippen molar-refractivity contribution in [3.63, 3.8) is 0 Å². The molecule has 2 nitrogen and oxygen atoms in total. The van der Waals surface area contributed by atoms with E-state index in [1.165, 1.54) is 29.2 Å². The van der Waals surface area contributed by atoms with E-state index in [-0.39, 0.29) is 0 Å². The summed E-state index contributed by atoms with van der Waals surface area (Å²) < 4.78 is 0. The molecule has 0 bridgehead atoms. The lowest BCUT2D eigenvalue weighted by atomic mass is 10.2. The summed E-state index contributed by atoms with van der Waals surface area (Å²) in [5.74, 6) is 2.59. The second-order valence-electron chi connectivity index (χ2n) is 4.50. The van der Waals surface area contributed by atoms with E-state index >= 15 is 0 Å². The van der Waals surface area contributed by atoms with Crippen LogP contribution in [0.15, 0.2) is 24.3 Å². The predicted molar refractivity (Wildman–Crippen MR) is 73.3 cm³/mol. The van der Waals surface area contributed by atoms with Crippen molar-refractivity contribution in [2.75, 3.05) is 30.5 Å². The van der Waals surface area contributed by atoms with Gasteiger partial charge >= 0.3 is 0 Å². The predicted octanol–water partition coefficient (Wildman–Crippen LogP) is 2.35. The molecule has 0 spiro atoms. The minimum atomic E-state index is 0.721. The molecule has 0 radical (unpaired) electrons. The Morgan fingerprint density at radius 2 is 2.06 bits per heavy atom. The Hall–Kier alpha value is -0.670. The van der Waals surface area contributed by atoms with Gasteiger partial charge in [-0.15, -0.1) is 0 Å². The first-order valence-electron chi connectivity index (χ1n) is 5.83. The number of nitrogens with zero attached hydrogens (tertiary/aromatic N) is 1. The minimum absolute atomic E-state index is 0.721. The van der Waals surface area contributed by atoms with Crippen LogP contribution in [0.1, 0.15) is 12.0 Å². The van der Waals surface area contributed by atoms with Gasteiger partial charge < -0.3 is 10.2 Å². The van der Waals surface area contributed by atoms with Crippen molar-refractivity contribution >= 4 is 17.4 Å². The molecule has 1 heterocycles. The summed E-state index contributed by atoms with van der Waals surface area (Å²) in [5.41, 5.74) is 2.64. The molecule has 0 saturated carbocycles. The standard InChI is InChI=1S/C13H20N2S/c1-15(2)13-5-3-11(4-6-13)9-14-12-7-8-16-10-12/h3-6,12,14H,7-10H2,1-2H3. The Morgan fingerprint density at radius 1 is 1.31 bits per heavy atom. The van der Waals surface area contributed by atoms with E-state index in [1.54, 1.807) is 0 Å². The van der Waals surface area contributed by atoms with Gasteiger partial charge in [0.05, 0.1) is 0 Å². The zero-order valence-corrected chi connectivity index (χ0v) is 10.9. The summed E-state index contributed by atoms with van der Waals surface area (Å²) in [6.45, 7) is 0.999. The molecule has 1 aliphatic rings. The average Bonchev–Trinajstić information content (AvgIpc) is 2.80. The summed E-state index contributed by atoms with van der Waals surface area (Å²) in [4.78, 5) is 2.13. The molecule has 3 heteroatoms. The molecule has 1 unspecified atom stereocenters. The molecule has 1 atom stereocenters. The van der Waals surface area contributed by atoms with Crippen LogP contribution in [0.3, 0.4) is 0 Å². The lowest BCUT2D eigenvalue weighted by Crippen LogP contribution is -2.27. The molecule has 2 rings (SSSR count). The maximum atomic E-state index is 3.61. The number of benzene rings is 1. The Morgan fingerprint density at radius 3 is 2.62 bits per heavy atom. The summed E-state index contributed by atoms with van der Waals surface area (Å²) >= 11 is 2.05. The monoisotopic (exact) mass is 236 g/mol. The fourth-order valence-electron chi connectivity index (χ4n) is 1.87. The highest BCUT2D eigenvalue weighted by Crippen LogP contribution is 2.18. The first-order valence-corrected chi connectivity index (χ1v) is 6.98. The largest absolute Gasteiger partial charge is 0.378 e. The molecule has 1 aromatic rings. The van der Waals surface area contributed by atoms with E-state index in [0.29, 0.717) is 0 Å². The maximum absolute atomic E-state index is 3.61. The van der Waals surface area contributed by atoms with Crippen LogP contribution in [-0.2, 0) is 6.54 Å². The van der Waals surface area contributed by atoms with E-state index in [4.69, 9.17) is 0 Å². The Bertz CT molecular complexity index is 315. The average molecular weight is 236 g/mol. The highest BCUT2D eigenvalue weighted by Gasteiger charge is 2.13. The van der Waals surface area contributed by atoms with Crippen LogP contribution < -0.4 is 10.2 Å². The fraction of sp³-hybridized carbons (Fsp3) is 0.538. The Balaban J connectivity index is 1.84. The molecule has 0 aliphatic carbocycles. The smallest absolute Gasteiger partial charge is 0.0361 e. The van der Waals surface area contributed by atoms with E-state index in [2.05, 4.69) is 60.3 Å². The van der Waals surface area contributed by atoms with Gasteiger partial charge in [0.25, 0.3) is 0 Å². The zero-order valence-electron chi connectivity index (χ0n) is 10.1. The van der Waals surface area contributed by atoms with E-state index in [1.807, 2.05) is 0 Å². The number of nitrogens with one attached hydrogen (secondary N) is 1. The van der Waals surface area contributed by atoms with Crippen LogP contribution in [0, 0.1) is 0 Å². The van der Waals surface area contributed by atoms with Gasteiger partial charge in [0.2, 0.25) is 0 Å². The van der Waals surface area contributed by atoms with Gasteiger partial charge in [0.15, 0.2) is 0 Å². The van der Waals surface area contributed by atoms with Gasteiger partial charge in [-0.05, 0) is 29.9 Å². The van der Waals surface area contributed by atoms with E-state index in [0.717, 1.165) is 12.6 Å². The van der Waals surface area contributed by atoms with Crippen molar-refractivity contribution in [1.29, 1.82) is 0 Å². The molecule has 1 N–H and O–H groups in total. The van der Waals surface area contributed by atoms with Gasteiger partial charge in [-0.1, -0.05) is 12.1 Å². The molecular weight excluding hydrogens is 216 g/mol. The summed E-state index contributed by atoms with van der Waals surface area (Å²) in [6.07, 6.45) is 1.32. The lowest BCUT2D eigenvalue weighted by Gasteiger charge is -2.14. The SMILES string of the molecule is CN(C)c1ccc(CNC2CCSC2)cc1. The summed E-state index contributed by atoms with van der Waals surface area (Å²) in [6, 6.07) is 9.51. The quantitative estimate of drug-likeness (QED) is 0.864. The Labute approximate surface area is 102 Å². The maximum Gasteiger partial charge on any atom is 0.0361 e. The molecule has 1 fully saturated rings. The fourth-order valence-corrected chi connectivity index (χ4v) is 3.06. The third kappa shape index (κ3) is 3.16. The van der Waals surface area contributed by atoms with Crippen molar-refractivity contribution in [2.24, 2.45) is 0 Å². The van der Waals surface area contributed by atoms with Crippen LogP contribution in [0.5, 0.6) is 0 Å².